The van der Waals surface area contributed by atoms with Crippen molar-refractivity contribution in [2.45, 2.75) is 13.8 Å². The molecule has 5 heteroatoms. The zero-order valence-electron chi connectivity index (χ0n) is 10.6. The summed E-state index contributed by atoms with van der Waals surface area (Å²) in [5, 5.41) is 0.503. The Labute approximate surface area is 118 Å². The fraction of sp³-hybridized carbons (Fsp3) is 0.462. The van der Waals surface area contributed by atoms with Gasteiger partial charge in [0.1, 0.15) is 17.3 Å². The molecule has 1 aromatic rings. The largest absolute Gasteiger partial charge is 0.491 e. The minimum absolute atomic E-state index is 0.284. The third-order valence-corrected chi connectivity index (χ3v) is 2.69. The molecule has 0 spiro atoms. The van der Waals surface area contributed by atoms with Gasteiger partial charge in [0.2, 0.25) is 0 Å². The predicted molar refractivity (Wildman–Crippen MR) is 78.5 cm³/mol. The summed E-state index contributed by atoms with van der Waals surface area (Å²) in [5.41, 5.74) is 6.18. The van der Waals surface area contributed by atoms with Crippen LogP contribution in [0, 0.1) is 5.92 Å². The summed E-state index contributed by atoms with van der Waals surface area (Å²) in [7, 11) is 0. The van der Waals surface area contributed by atoms with Gasteiger partial charge in [-0.05, 0) is 24.1 Å². The highest BCUT2D eigenvalue weighted by Crippen LogP contribution is 2.22. The van der Waals surface area contributed by atoms with E-state index in [0.717, 1.165) is 6.61 Å². The van der Waals surface area contributed by atoms with Crippen LogP contribution in [-0.4, -0.2) is 24.8 Å². The van der Waals surface area contributed by atoms with Crippen LogP contribution in [0.25, 0.3) is 0 Å². The van der Waals surface area contributed by atoms with Gasteiger partial charge in [-0.2, -0.15) is 0 Å². The van der Waals surface area contributed by atoms with Crippen molar-refractivity contribution >= 4 is 28.8 Å². The molecule has 0 aliphatic heterocycles. The van der Waals surface area contributed by atoms with E-state index in [1.807, 2.05) is 0 Å². The second-order valence-corrected chi connectivity index (χ2v) is 5.17. The van der Waals surface area contributed by atoms with Crippen molar-refractivity contribution in [3.63, 3.8) is 0 Å². The molecule has 0 heterocycles. The lowest BCUT2D eigenvalue weighted by molar-refractivity contribution is 0.0819. The second-order valence-electron chi connectivity index (χ2n) is 4.32. The van der Waals surface area contributed by atoms with Crippen molar-refractivity contribution in [2.24, 2.45) is 11.7 Å². The van der Waals surface area contributed by atoms with Gasteiger partial charge >= 0.3 is 0 Å². The maximum Gasteiger partial charge on any atom is 0.120 e. The molecule has 0 saturated carbocycles. The van der Waals surface area contributed by atoms with E-state index >= 15 is 0 Å². The van der Waals surface area contributed by atoms with Crippen LogP contribution in [-0.2, 0) is 4.74 Å². The van der Waals surface area contributed by atoms with Gasteiger partial charge < -0.3 is 15.2 Å². The second kappa shape index (κ2) is 7.56. The number of benzene rings is 1. The van der Waals surface area contributed by atoms with Gasteiger partial charge in [-0.25, -0.2) is 0 Å². The van der Waals surface area contributed by atoms with Gasteiger partial charge in [-0.1, -0.05) is 37.7 Å². The third-order valence-electron chi connectivity index (χ3n) is 2.15. The Bertz CT molecular complexity index is 410. The molecule has 3 nitrogen and oxygen atoms in total. The molecule has 0 radical (unpaired) electrons. The zero-order valence-corrected chi connectivity index (χ0v) is 12.2. The number of hydrogen-bond donors (Lipinski definition) is 1. The number of rotatable bonds is 7. The van der Waals surface area contributed by atoms with Gasteiger partial charge in [0, 0.05) is 12.2 Å². The molecule has 2 N–H and O–H groups in total. The first-order valence-corrected chi connectivity index (χ1v) is 6.59. The van der Waals surface area contributed by atoms with Crippen molar-refractivity contribution < 1.29 is 9.47 Å². The van der Waals surface area contributed by atoms with Gasteiger partial charge in [-0.15, -0.1) is 0 Å². The maximum atomic E-state index is 6.03. The molecule has 0 aliphatic carbocycles. The molecule has 0 saturated heterocycles. The first-order valence-electron chi connectivity index (χ1n) is 5.80. The normalized spacial score (nSPS) is 10.7. The standard InChI is InChI=1S/C13H18ClNO2S/c1-9(2)8-16-5-6-17-10-3-4-11(13(15)18)12(14)7-10/h3-4,7,9H,5-6,8H2,1-2H3,(H2,15,18). The Morgan fingerprint density at radius 1 is 1.39 bits per heavy atom. The lowest BCUT2D eigenvalue weighted by Gasteiger charge is -2.10. The third kappa shape index (κ3) is 5.21. The summed E-state index contributed by atoms with van der Waals surface area (Å²) < 4.78 is 10.9. The number of halogens is 1. The van der Waals surface area contributed by atoms with Crippen LogP contribution in [0.15, 0.2) is 18.2 Å². The van der Waals surface area contributed by atoms with Crippen LogP contribution in [0.1, 0.15) is 19.4 Å². The van der Waals surface area contributed by atoms with Crippen LogP contribution in [0.4, 0.5) is 0 Å². The van der Waals surface area contributed by atoms with Gasteiger partial charge in [0.05, 0.1) is 11.6 Å². The molecule has 0 amide bonds. The minimum atomic E-state index is 0.284. The van der Waals surface area contributed by atoms with Gasteiger partial charge in [-0.3, -0.25) is 0 Å². The van der Waals surface area contributed by atoms with E-state index in [4.69, 9.17) is 39.0 Å². The molecular formula is C13H18ClNO2S. The van der Waals surface area contributed by atoms with E-state index in [9.17, 15) is 0 Å². The summed E-state index contributed by atoms with van der Waals surface area (Å²) in [6.07, 6.45) is 0. The topological polar surface area (TPSA) is 44.5 Å². The zero-order chi connectivity index (χ0) is 13.5. The maximum absolute atomic E-state index is 6.03. The number of nitrogens with two attached hydrogens (primary N) is 1. The van der Waals surface area contributed by atoms with Gasteiger partial charge in [0.25, 0.3) is 0 Å². The molecule has 0 bridgehead atoms. The molecule has 0 aromatic heterocycles. The van der Waals surface area contributed by atoms with E-state index in [0.29, 0.717) is 35.5 Å². The molecule has 100 valence electrons. The molecule has 0 unspecified atom stereocenters. The summed E-state index contributed by atoms with van der Waals surface area (Å²) >= 11 is 10.9. The SMILES string of the molecule is CC(C)COCCOc1ccc(C(N)=S)c(Cl)c1. The lowest BCUT2D eigenvalue weighted by atomic mass is 10.2. The highest BCUT2D eigenvalue weighted by atomic mass is 35.5. The molecule has 1 aromatic carbocycles. The van der Waals surface area contributed by atoms with Crippen LogP contribution in [0.2, 0.25) is 5.02 Å². The molecule has 18 heavy (non-hydrogen) atoms. The smallest absolute Gasteiger partial charge is 0.120 e. The summed E-state index contributed by atoms with van der Waals surface area (Å²) in [4.78, 5) is 0.284. The van der Waals surface area contributed by atoms with Gasteiger partial charge in [0.15, 0.2) is 0 Å². The molecule has 1 rings (SSSR count). The number of hydrogen-bond acceptors (Lipinski definition) is 3. The van der Waals surface area contributed by atoms with Crippen LogP contribution in [0.5, 0.6) is 5.75 Å². The minimum Gasteiger partial charge on any atom is -0.491 e. The van der Waals surface area contributed by atoms with E-state index < -0.39 is 0 Å². The molecule has 0 aliphatic rings. The highest BCUT2D eigenvalue weighted by Gasteiger charge is 2.05. The monoisotopic (exact) mass is 287 g/mol. The van der Waals surface area contributed by atoms with Crippen molar-refractivity contribution in [1.82, 2.24) is 0 Å². The first kappa shape index (κ1) is 15.2. The van der Waals surface area contributed by atoms with Crippen molar-refractivity contribution in [1.29, 1.82) is 0 Å². The number of ether oxygens (including phenoxy) is 2. The summed E-state index contributed by atoms with van der Waals surface area (Å²) in [5.74, 6) is 1.22. The predicted octanol–water partition coefficient (Wildman–Crippen LogP) is 3.03. The van der Waals surface area contributed by atoms with Crippen molar-refractivity contribution in [3.05, 3.63) is 28.8 Å². The molecular weight excluding hydrogens is 270 g/mol. The van der Waals surface area contributed by atoms with Crippen molar-refractivity contribution in [3.8, 4) is 5.75 Å². The average Bonchev–Trinajstić information content (AvgIpc) is 2.27. The number of thiocarbonyl (C=S) groups is 1. The summed E-state index contributed by atoms with van der Waals surface area (Å²) in [6.45, 7) is 6.01. The van der Waals surface area contributed by atoms with Crippen LogP contribution < -0.4 is 10.5 Å². The van der Waals surface area contributed by atoms with E-state index in [-0.39, 0.29) is 4.99 Å². The Kier molecular flexibility index (Phi) is 6.39. The highest BCUT2D eigenvalue weighted by molar-refractivity contribution is 7.80. The van der Waals surface area contributed by atoms with Crippen LogP contribution in [0.3, 0.4) is 0 Å². The van der Waals surface area contributed by atoms with Crippen LogP contribution >= 0.6 is 23.8 Å². The molecule has 0 atom stereocenters. The Morgan fingerprint density at radius 2 is 2.11 bits per heavy atom. The van der Waals surface area contributed by atoms with E-state index in [1.54, 1.807) is 18.2 Å². The quantitative estimate of drug-likeness (QED) is 0.618. The fourth-order valence-electron chi connectivity index (χ4n) is 1.32. The first-order chi connectivity index (χ1) is 8.50. The lowest BCUT2D eigenvalue weighted by Crippen LogP contribution is -2.11. The summed E-state index contributed by atoms with van der Waals surface area (Å²) in [6, 6.07) is 5.26. The Morgan fingerprint density at radius 3 is 2.67 bits per heavy atom. The molecule has 0 fully saturated rings. The van der Waals surface area contributed by atoms with E-state index in [2.05, 4.69) is 13.8 Å². The Hall–Kier alpha value is -0.840. The van der Waals surface area contributed by atoms with Crippen molar-refractivity contribution in [2.75, 3.05) is 19.8 Å². The average molecular weight is 288 g/mol. The fourth-order valence-corrected chi connectivity index (χ4v) is 1.83. The van der Waals surface area contributed by atoms with E-state index in [1.165, 1.54) is 0 Å². The Balaban J connectivity index is 2.39.